The van der Waals surface area contributed by atoms with Gasteiger partial charge < -0.3 is 20.3 Å². The molecule has 0 spiro atoms. The first-order chi connectivity index (χ1) is 13.4. The Labute approximate surface area is 161 Å². The van der Waals surface area contributed by atoms with E-state index in [4.69, 9.17) is 5.73 Å². The number of nitrogens with two attached hydrogens (primary N) is 1. The van der Waals surface area contributed by atoms with Crippen molar-refractivity contribution in [3.8, 4) is 0 Å². The standard InChI is InChI=1S/C20H23FN4O3/c1-11(8-22)12-3-2-6-24(9-12)19-16(21)7-14-17(26)15(20(27)28)10-25(13-4-5-13)18(14)23-19/h7,10,13H,2-6,8-9,22H2,1H3,(H,27,28)/b12-11-. The van der Waals surface area contributed by atoms with Crippen LogP contribution in [-0.4, -0.2) is 40.3 Å². The summed E-state index contributed by atoms with van der Waals surface area (Å²) in [6.45, 7) is 3.67. The van der Waals surface area contributed by atoms with Gasteiger partial charge in [-0.15, -0.1) is 0 Å². The molecule has 1 aliphatic carbocycles. The Balaban J connectivity index is 1.86. The van der Waals surface area contributed by atoms with Gasteiger partial charge in [-0.25, -0.2) is 14.2 Å². The fourth-order valence-electron chi connectivity index (χ4n) is 3.79. The fraction of sp³-hybridized carbons (Fsp3) is 0.450. The molecule has 0 radical (unpaired) electrons. The van der Waals surface area contributed by atoms with E-state index in [2.05, 4.69) is 4.98 Å². The first-order valence-electron chi connectivity index (χ1n) is 9.52. The monoisotopic (exact) mass is 386 g/mol. The Hall–Kier alpha value is -2.74. The lowest BCUT2D eigenvalue weighted by Crippen LogP contribution is -2.34. The maximum absolute atomic E-state index is 14.9. The van der Waals surface area contributed by atoms with Crippen LogP contribution in [0.3, 0.4) is 0 Å². The van der Waals surface area contributed by atoms with Crippen molar-refractivity contribution < 1.29 is 14.3 Å². The number of fused-ring (bicyclic) bond motifs is 1. The predicted octanol–water partition coefficient (Wildman–Crippen LogP) is 2.44. The van der Waals surface area contributed by atoms with E-state index in [1.807, 2.05) is 11.8 Å². The molecule has 0 atom stereocenters. The lowest BCUT2D eigenvalue weighted by Gasteiger charge is -2.31. The number of hydrogen-bond acceptors (Lipinski definition) is 5. The van der Waals surface area contributed by atoms with Crippen molar-refractivity contribution in [3.63, 3.8) is 0 Å². The third kappa shape index (κ3) is 3.17. The molecular formula is C20H23FN4O3. The van der Waals surface area contributed by atoms with E-state index in [1.165, 1.54) is 11.8 Å². The number of carboxylic acids is 1. The molecule has 1 aliphatic heterocycles. The number of aromatic nitrogens is 2. The topological polar surface area (TPSA) is 101 Å². The van der Waals surface area contributed by atoms with Crippen LogP contribution in [0.1, 0.15) is 49.0 Å². The van der Waals surface area contributed by atoms with Crippen molar-refractivity contribution in [3.05, 3.63) is 45.0 Å². The number of hydrogen-bond donors (Lipinski definition) is 2. The van der Waals surface area contributed by atoms with Crippen LogP contribution in [-0.2, 0) is 0 Å². The number of pyridine rings is 2. The normalized spacial score (nSPS) is 19.2. The first-order valence-corrected chi connectivity index (χ1v) is 9.52. The van der Waals surface area contributed by atoms with Gasteiger partial charge in [0.25, 0.3) is 0 Å². The molecule has 1 saturated carbocycles. The second-order valence-electron chi connectivity index (χ2n) is 7.59. The van der Waals surface area contributed by atoms with Gasteiger partial charge in [-0.3, -0.25) is 4.79 Å². The summed E-state index contributed by atoms with van der Waals surface area (Å²) in [5, 5.41) is 9.35. The minimum Gasteiger partial charge on any atom is -0.477 e. The molecule has 2 aliphatic rings. The van der Waals surface area contributed by atoms with Crippen molar-refractivity contribution >= 4 is 22.8 Å². The summed E-state index contributed by atoms with van der Waals surface area (Å²) < 4.78 is 16.7. The van der Waals surface area contributed by atoms with Gasteiger partial charge in [0.05, 0.1) is 5.39 Å². The molecule has 0 bridgehead atoms. The number of piperidine rings is 1. The molecule has 7 nitrogen and oxygen atoms in total. The molecule has 0 unspecified atom stereocenters. The summed E-state index contributed by atoms with van der Waals surface area (Å²) in [6.07, 6.45) is 4.93. The lowest BCUT2D eigenvalue weighted by molar-refractivity contribution is 0.0695. The zero-order valence-corrected chi connectivity index (χ0v) is 15.7. The van der Waals surface area contributed by atoms with Crippen LogP contribution in [0.25, 0.3) is 11.0 Å². The van der Waals surface area contributed by atoms with Gasteiger partial charge in [0.15, 0.2) is 11.6 Å². The second-order valence-corrected chi connectivity index (χ2v) is 7.59. The molecule has 8 heteroatoms. The zero-order valence-electron chi connectivity index (χ0n) is 15.7. The quantitative estimate of drug-likeness (QED) is 0.783. The Bertz CT molecular complexity index is 1060. The third-order valence-corrected chi connectivity index (χ3v) is 5.61. The highest BCUT2D eigenvalue weighted by Gasteiger charge is 2.29. The smallest absolute Gasteiger partial charge is 0.341 e. The van der Waals surface area contributed by atoms with E-state index >= 15 is 0 Å². The summed E-state index contributed by atoms with van der Waals surface area (Å²) in [4.78, 5) is 30.4. The van der Waals surface area contributed by atoms with Gasteiger partial charge in [0, 0.05) is 31.9 Å². The Morgan fingerprint density at radius 1 is 1.43 bits per heavy atom. The lowest BCUT2D eigenvalue weighted by atomic mass is 9.99. The van der Waals surface area contributed by atoms with Crippen molar-refractivity contribution in [2.75, 3.05) is 24.5 Å². The number of carboxylic acid groups (broad SMARTS) is 1. The van der Waals surface area contributed by atoms with Gasteiger partial charge in [-0.05, 0) is 38.7 Å². The Morgan fingerprint density at radius 3 is 2.82 bits per heavy atom. The van der Waals surface area contributed by atoms with Crippen LogP contribution in [0, 0.1) is 5.82 Å². The molecule has 28 heavy (non-hydrogen) atoms. The van der Waals surface area contributed by atoms with Crippen LogP contribution in [0.5, 0.6) is 0 Å². The van der Waals surface area contributed by atoms with Crippen LogP contribution in [0.4, 0.5) is 10.2 Å². The molecule has 0 amide bonds. The maximum Gasteiger partial charge on any atom is 0.341 e. The first kappa shape index (κ1) is 18.6. The molecule has 2 aromatic heterocycles. The van der Waals surface area contributed by atoms with Crippen LogP contribution in [0.15, 0.2) is 28.2 Å². The summed E-state index contributed by atoms with van der Waals surface area (Å²) in [6, 6.07) is 1.24. The Kier molecular flexibility index (Phi) is 4.66. The van der Waals surface area contributed by atoms with E-state index in [-0.39, 0.29) is 22.8 Å². The van der Waals surface area contributed by atoms with E-state index < -0.39 is 17.2 Å². The van der Waals surface area contributed by atoms with Crippen molar-refractivity contribution in [2.45, 2.75) is 38.6 Å². The van der Waals surface area contributed by atoms with Gasteiger partial charge in [0.1, 0.15) is 11.2 Å². The largest absolute Gasteiger partial charge is 0.477 e. The van der Waals surface area contributed by atoms with E-state index in [0.29, 0.717) is 25.3 Å². The summed E-state index contributed by atoms with van der Waals surface area (Å²) in [5.74, 6) is -1.72. The molecule has 2 aromatic rings. The van der Waals surface area contributed by atoms with Crippen molar-refractivity contribution in [1.82, 2.24) is 9.55 Å². The summed E-state index contributed by atoms with van der Waals surface area (Å²) >= 11 is 0. The number of anilines is 1. The molecule has 148 valence electrons. The second kappa shape index (κ2) is 7.01. The highest BCUT2D eigenvalue weighted by atomic mass is 19.1. The van der Waals surface area contributed by atoms with Gasteiger partial charge >= 0.3 is 5.97 Å². The van der Waals surface area contributed by atoms with Gasteiger partial charge in [0.2, 0.25) is 5.43 Å². The molecule has 0 aromatic carbocycles. The fourth-order valence-corrected chi connectivity index (χ4v) is 3.79. The third-order valence-electron chi connectivity index (χ3n) is 5.61. The highest BCUT2D eigenvalue weighted by molar-refractivity contribution is 5.92. The van der Waals surface area contributed by atoms with Crippen LogP contribution >= 0.6 is 0 Å². The van der Waals surface area contributed by atoms with E-state index in [1.54, 1.807) is 4.57 Å². The molecule has 4 rings (SSSR count). The summed E-state index contributed by atoms with van der Waals surface area (Å²) in [7, 11) is 0. The number of halogens is 1. The van der Waals surface area contributed by atoms with Gasteiger partial charge in [-0.2, -0.15) is 0 Å². The summed E-state index contributed by atoms with van der Waals surface area (Å²) in [5.41, 5.74) is 7.35. The van der Waals surface area contributed by atoms with Crippen LogP contribution < -0.4 is 16.1 Å². The van der Waals surface area contributed by atoms with Crippen molar-refractivity contribution in [1.29, 1.82) is 0 Å². The minimum atomic E-state index is -1.31. The Morgan fingerprint density at radius 2 is 2.18 bits per heavy atom. The highest BCUT2D eigenvalue weighted by Crippen LogP contribution is 2.37. The molecule has 3 N–H and O–H groups in total. The number of nitrogens with zero attached hydrogens (tertiary/aromatic N) is 3. The number of aromatic carboxylic acids is 1. The number of carbonyl (C=O) groups is 1. The van der Waals surface area contributed by atoms with Gasteiger partial charge in [-0.1, -0.05) is 11.1 Å². The number of rotatable bonds is 4. The average Bonchev–Trinajstić information content (AvgIpc) is 3.52. The predicted molar refractivity (Wildman–Crippen MR) is 104 cm³/mol. The molecular weight excluding hydrogens is 363 g/mol. The SMILES string of the molecule is C/C(CN)=C1\CCCN(c2nc3c(cc2F)c(=O)c(C(=O)O)cn3C2CC2)C1. The van der Waals surface area contributed by atoms with E-state index in [0.717, 1.165) is 37.3 Å². The minimum absolute atomic E-state index is 0.0129. The zero-order chi connectivity index (χ0) is 20.0. The van der Waals surface area contributed by atoms with Crippen molar-refractivity contribution in [2.24, 2.45) is 5.73 Å². The molecule has 2 fully saturated rings. The van der Waals surface area contributed by atoms with E-state index in [9.17, 15) is 19.1 Å². The molecule has 3 heterocycles. The maximum atomic E-state index is 14.9. The average molecular weight is 386 g/mol. The molecule has 1 saturated heterocycles. The van der Waals surface area contributed by atoms with Crippen LogP contribution in [0.2, 0.25) is 0 Å².